The molecule has 0 atom stereocenters. The van der Waals surface area contributed by atoms with Crippen molar-refractivity contribution in [2.45, 2.75) is 19.5 Å². The van der Waals surface area contributed by atoms with Crippen molar-refractivity contribution < 1.29 is 14.3 Å². The molecule has 1 heterocycles. The van der Waals surface area contributed by atoms with E-state index in [1.54, 1.807) is 7.11 Å². The van der Waals surface area contributed by atoms with Crippen molar-refractivity contribution in [3.63, 3.8) is 0 Å². The number of methoxy groups -OCH3 is 1. The Morgan fingerprint density at radius 2 is 1.65 bits per heavy atom. The van der Waals surface area contributed by atoms with E-state index in [0.29, 0.717) is 30.2 Å². The lowest BCUT2D eigenvalue weighted by atomic mass is 9.99. The molecule has 1 amide bonds. The SMILES string of the molecule is COc1ccccc1OCCNC(=O)c1ccc(CN2CCc3ccccc3C2)cc1. The van der Waals surface area contributed by atoms with Crippen LogP contribution < -0.4 is 14.8 Å². The average molecular weight is 417 g/mol. The third-order valence-corrected chi connectivity index (χ3v) is 5.55. The predicted molar refractivity (Wildman–Crippen MR) is 122 cm³/mol. The lowest BCUT2D eigenvalue weighted by Gasteiger charge is -2.28. The molecule has 1 N–H and O–H groups in total. The van der Waals surface area contributed by atoms with Gasteiger partial charge in [0.2, 0.25) is 0 Å². The Morgan fingerprint density at radius 1 is 0.935 bits per heavy atom. The van der Waals surface area contributed by atoms with Gasteiger partial charge in [-0.2, -0.15) is 0 Å². The Bertz CT molecular complexity index is 1020. The van der Waals surface area contributed by atoms with Crippen LogP contribution in [0.5, 0.6) is 11.5 Å². The van der Waals surface area contributed by atoms with Crippen molar-refractivity contribution in [1.29, 1.82) is 0 Å². The van der Waals surface area contributed by atoms with Crippen LogP contribution in [-0.2, 0) is 19.5 Å². The number of carbonyl (C=O) groups is 1. The Hall–Kier alpha value is -3.31. The quantitative estimate of drug-likeness (QED) is 0.563. The molecule has 31 heavy (non-hydrogen) atoms. The first-order chi connectivity index (χ1) is 15.2. The summed E-state index contributed by atoms with van der Waals surface area (Å²) in [6.07, 6.45) is 1.09. The Labute approximate surface area is 183 Å². The molecule has 0 radical (unpaired) electrons. The highest BCUT2D eigenvalue weighted by atomic mass is 16.5. The minimum atomic E-state index is -0.0953. The number of nitrogens with zero attached hydrogens (tertiary/aromatic N) is 1. The van der Waals surface area contributed by atoms with Crippen molar-refractivity contribution >= 4 is 5.91 Å². The number of nitrogens with one attached hydrogen (secondary N) is 1. The first kappa shape index (κ1) is 20.9. The Balaban J connectivity index is 1.24. The van der Waals surface area contributed by atoms with Crippen molar-refractivity contribution in [2.75, 3.05) is 26.8 Å². The van der Waals surface area contributed by atoms with Gasteiger partial charge in [0.1, 0.15) is 6.61 Å². The standard InChI is InChI=1S/C26H28N2O3/c1-30-24-8-4-5-9-25(24)31-17-15-27-26(29)22-12-10-20(11-13-22)18-28-16-14-21-6-2-3-7-23(21)19-28/h2-13H,14-19H2,1H3,(H,27,29). The van der Waals surface area contributed by atoms with Crippen molar-refractivity contribution in [3.05, 3.63) is 95.1 Å². The molecule has 0 fully saturated rings. The summed E-state index contributed by atoms with van der Waals surface area (Å²) in [5, 5.41) is 2.90. The maximum atomic E-state index is 12.4. The number of rotatable bonds is 8. The maximum absolute atomic E-state index is 12.4. The van der Waals surface area contributed by atoms with E-state index in [1.165, 1.54) is 16.7 Å². The fourth-order valence-corrected chi connectivity index (χ4v) is 3.87. The van der Waals surface area contributed by atoms with Crippen LogP contribution in [0.15, 0.2) is 72.8 Å². The van der Waals surface area contributed by atoms with Crippen LogP contribution in [0.1, 0.15) is 27.0 Å². The zero-order valence-electron chi connectivity index (χ0n) is 17.8. The van der Waals surface area contributed by atoms with Crippen LogP contribution >= 0.6 is 0 Å². The highest BCUT2D eigenvalue weighted by Crippen LogP contribution is 2.25. The van der Waals surface area contributed by atoms with Crippen LogP contribution in [0.25, 0.3) is 0 Å². The van der Waals surface area contributed by atoms with Crippen molar-refractivity contribution in [1.82, 2.24) is 10.2 Å². The normalized spacial score (nSPS) is 13.3. The monoisotopic (exact) mass is 416 g/mol. The van der Waals surface area contributed by atoms with E-state index in [9.17, 15) is 4.79 Å². The summed E-state index contributed by atoms with van der Waals surface area (Å²) in [5.41, 5.74) is 4.75. The molecule has 1 aliphatic rings. The van der Waals surface area contributed by atoms with Gasteiger partial charge in [0.25, 0.3) is 5.91 Å². The van der Waals surface area contributed by atoms with E-state index in [0.717, 1.165) is 26.1 Å². The molecule has 0 saturated heterocycles. The second-order valence-electron chi connectivity index (χ2n) is 7.68. The molecule has 3 aromatic rings. The lowest BCUT2D eigenvalue weighted by molar-refractivity contribution is 0.0947. The fraction of sp³-hybridized carbons (Fsp3) is 0.269. The van der Waals surface area contributed by atoms with Gasteiger partial charge in [0, 0.05) is 25.2 Å². The smallest absolute Gasteiger partial charge is 0.251 e. The van der Waals surface area contributed by atoms with E-state index in [-0.39, 0.29) is 5.91 Å². The summed E-state index contributed by atoms with van der Waals surface area (Å²) in [4.78, 5) is 14.9. The molecule has 1 aliphatic heterocycles. The fourth-order valence-electron chi connectivity index (χ4n) is 3.87. The largest absolute Gasteiger partial charge is 0.493 e. The van der Waals surface area contributed by atoms with Crippen LogP contribution in [0.2, 0.25) is 0 Å². The summed E-state index contributed by atoms with van der Waals surface area (Å²) in [6, 6.07) is 24.0. The number of hydrogen-bond donors (Lipinski definition) is 1. The van der Waals surface area contributed by atoms with Crippen molar-refractivity contribution in [3.8, 4) is 11.5 Å². The molecule has 5 nitrogen and oxygen atoms in total. The van der Waals surface area contributed by atoms with E-state index >= 15 is 0 Å². The summed E-state index contributed by atoms with van der Waals surface area (Å²) in [5.74, 6) is 1.26. The third kappa shape index (κ3) is 5.44. The van der Waals surface area contributed by atoms with Crippen LogP contribution in [0.4, 0.5) is 0 Å². The van der Waals surface area contributed by atoms with E-state index in [4.69, 9.17) is 9.47 Å². The van der Waals surface area contributed by atoms with Crippen LogP contribution in [0.3, 0.4) is 0 Å². The zero-order chi connectivity index (χ0) is 21.5. The van der Waals surface area contributed by atoms with Gasteiger partial charge in [-0.3, -0.25) is 9.69 Å². The number of para-hydroxylation sites is 2. The summed E-state index contributed by atoms with van der Waals surface area (Å²) < 4.78 is 11.0. The van der Waals surface area contributed by atoms with Gasteiger partial charge in [0.15, 0.2) is 11.5 Å². The Morgan fingerprint density at radius 3 is 2.42 bits per heavy atom. The lowest BCUT2D eigenvalue weighted by Crippen LogP contribution is -2.30. The molecule has 0 aliphatic carbocycles. The first-order valence-corrected chi connectivity index (χ1v) is 10.6. The van der Waals surface area contributed by atoms with Crippen LogP contribution in [0, 0.1) is 0 Å². The summed E-state index contributed by atoms with van der Waals surface area (Å²) in [7, 11) is 1.61. The number of amides is 1. The van der Waals surface area contributed by atoms with Gasteiger partial charge in [-0.1, -0.05) is 48.5 Å². The highest BCUT2D eigenvalue weighted by Gasteiger charge is 2.16. The van der Waals surface area contributed by atoms with Gasteiger partial charge in [-0.25, -0.2) is 0 Å². The molecule has 160 valence electrons. The molecule has 5 heteroatoms. The van der Waals surface area contributed by atoms with Crippen molar-refractivity contribution in [2.24, 2.45) is 0 Å². The number of fused-ring (bicyclic) bond motifs is 1. The van der Waals surface area contributed by atoms with Gasteiger partial charge in [-0.05, 0) is 47.4 Å². The number of benzene rings is 3. The molecular formula is C26H28N2O3. The number of hydrogen-bond acceptors (Lipinski definition) is 4. The van der Waals surface area contributed by atoms with E-state index in [2.05, 4.69) is 34.5 Å². The maximum Gasteiger partial charge on any atom is 0.251 e. The predicted octanol–water partition coefficient (Wildman–Crippen LogP) is 4.06. The molecule has 3 aromatic carbocycles. The van der Waals surface area contributed by atoms with Gasteiger partial charge < -0.3 is 14.8 Å². The second-order valence-corrected chi connectivity index (χ2v) is 7.68. The molecular weight excluding hydrogens is 388 g/mol. The average Bonchev–Trinajstić information content (AvgIpc) is 2.82. The summed E-state index contributed by atoms with van der Waals surface area (Å²) in [6.45, 7) is 3.73. The van der Waals surface area contributed by atoms with Gasteiger partial charge in [-0.15, -0.1) is 0 Å². The van der Waals surface area contributed by atoms with Crippen LogP contribution in [-0.4, -0.2) is 37.6 Å². The van der Waals surface area contributed by atoms with Gasteiger partial charge in [0.05, 0.1) is 13.7 Å². The molecule has 0 unspecified atom stereocenters. The molecule has 0 bridgehead atoms. The zero-order valence-corrected chi connectivity index (χ0v) is 17.8. The topological polar surface area (TPSA) is 50.8 Å². The molecule has 0 saturated carbocycles. The van der Waals surface area contributed by atoms with E-state index in [1.807, 2.05) is 48.5 Å². The Kier molecular flexibility index (Phi) is 6.85. The summed E-state index contributed by atoms with van der Waals surface area (Å²) >= 11 is 0. The highest BCUT2D eigenvalue weighted by molar-refractivity contribution is 5.94. The molecule has 0 aromatic heterocycles. The minimum absolute atomic E-state index is 0.0953. The minimum Gasteiger partial charge on any atom is -0.493 e. The molecule has 4 rings (SSSR count). The van der Waals surface area contributed by atoms with Gasteiger partial charge >= 0.3 is 0 Å². The number of ether oxygens (including phenoxy) is 2. The molecule has 0 spiro atoms. The number of carbonyl (C=O) groups excluding carboxylic acids is 1. The third-order valence-electron chi connectivity index (χ3n) is 5.55. The first-order valence-electron chi connectivity index (χ1n) is 10.6. The van der Waals surface area contributed by atoms with E-state index < -0.39 is 0 Å². The second kappa shape index (κ2) is 10.1.